The van der Waals surface area contributed by atoms with Crippen molar-refractivity contribution < 1.29 is 14.2 Å². The van der Waals surface area contributed by atoms with Crippen LogP contribution in [0.3, 0.4) is 0 Å². The highest BCUT2D eigenvalue weighted by Crippen LogP contribution is 2.29. The Labute approximate surface area is 89.0 Å². The molecule has 0 heterocycles. The van der Waals surface area contributed by atoms with E-state index in [1.807, 2.05) is 6.07 Å². The van der Waals surface area contributed by atoms with Crippen LogP contribution in [0, 0.1) is 11.3 Å². The zero-order chi connectivity index (χ0) is 11.3. The van der Waals surface area contributed by atoms with Gasteiger partial charge >= 0.3 is 0 Å². The number of nitrogens with zero attached hydrogens (tertiary/aromatic N) is 1. The molecule has 0 aliphatic rings. The molecule has 0 spiro atoms. The van der Waals surface area contributed by atoms with Gasteiger partial charge in [0.05, 0.1) is 20.8 Å². The lowest BCUT2D eigenvalue weighted by atomic mass is 10.1. The number of hydrogen-bond donors (Lipinski definition) is 0. The van der Waals surface area contributed by atoms with Crippen molar-refractivity contribution in [3.63, 3.8) is 0 Å². The highest BCUT2D eigenvalue weighted by molar-refractivity contribution is 5.55. The van der Waals surface area contributed by atoms with Gasteiger partial charge < -0.3 is 14.2 Å². The number of nitriles is 1. The summed E-state index contributed by atoms with van der Waals surface area (Å²) in [7, 11) is 4.65. The summed E-state index contributed by atoms with van der Waals surface area (Å²) in [6, 6.07) is 5.58. The van der Waals surface area contributed by atoms with Crippen LogP contribution < -0.4 is 9.47 Å². The second-order valence-electron chi connectivity index (χ2n) is 2.92. The summed E-state index contributed by atoms with van der Waals surface area (Å²) in [5, 5.41) is 8.94. The lowest BCUT2D eigenvalue weighted by Gasteiger charge is -2.10. The molecule has 4 heteroatoms. The molecule has 0 amide bonds. The first-order chi connectivity index (χ1) is 7.26. The summed E-state index contributed by atoms with van der Waals surface area (Å²) in [5.41, 5.74) is 1.31. The van der Waals surface area contributed by atoms with Crippen LogP contribution in [0.15, 0.2) is 12.1 Å². The first kappa shape index (κ1) is 11.3. The van der Waals surface area contributed by atoms with E-state index in [0.29, 0.717) is 23.7 Å². The van der Waals surface area contributed by atoms with Crippen molar-refractivity contribution in [3.8, 4) is 17.6 Å². The molecule has 1 aromatic carbocycles. The van der Waals surface area contributed by atoms with Crippen LogP contribution in [0.2, 0.25) is 0 Å². The molecule has 0 fully saturated rings. The van der Waals surface area contributed by atoms with Crippen LogP contribution in [0.25, 0.3) is 0 Å². The monoisotopic (exact) mass is 207 g/mol. The normalized spacial score (nSPS) is 9.47. The third-order valence-corrected chi connectivity index (χ3v) is 1.99. The van der Waals surface area contributed by atoms with Gasteiger partial charge in [0.1, 0.15) is 23.1 Å². The summed E-state index contributed by atoms with van der Waals surface area (Å²) < 4.78 is 15.2. The number of methoxy groups -OCH3 is 3. The summed E-state index contributed by atoms with van der Waals surface area (Å²) >= 11 is 0. The van der Waals surface area contributed by atoms with Gasteiger partial charge in [-0.05, 0) is 17.7 Å². The van der Waals surface area contributed by atoms with Crippen molar-refractivity contribution in [3.05, 3.63) is 23.3 Å². The van der Waals surface area contributed by atoms with Gasteiger partial charge in [-0.1, -0.05) is 0 Å². The summed E-state index contributed by atoms with van der Waals surface area (Å²) in [4.78, 5) is 0. The van der Waals surface area contributed by atoms with Crippen molar-refractivity contribution in [1.29, 1.82) is 5.26 Å². The van der Waals surface area contributed by atoms with Crippen molar-refractivity contribution >= 4 is 0 Å². The van der Waals surface area contributed by atoms with E-state index in [0.717, 1.165) is 5.56 Å². The predicted octanol–water partition coefficient (Wildman–Crippen LogP) is 1.72. The Morgan fingerprint density at radius 3 is 2.00 bits per heavy atom. The van der Waals surface area contributed by atoms with E-state index in [1.165, 1.54) is 14.2 Å². The van der Waals surface area contributed by atoms with Gasteiger partial charge in [-0.3, -0.25) is 0 Å². The maximum atomic E-state index is 8.94. The summed E-state index contributed by atoms with van der Waals surface area (Å²) in [6.45, 7) is 0.457. The fraction of sp³-hybridized carbons (Fsp3) is 0.364. The van der Waals surface area contributed by atoms with Gasteiger partial charge in [-0.25, -0.2) is 0 Å². The zero-order valence-electron chi connectivity index (χ0n) is 9.03. The Balaban J connectivity index is 3.24. The highest BCUT2D eigenvalue weighted by atomic mass is 16.5. The van der Waals surface area contributed by atoms with Gasteiger partial charge in [0, 0.05) is 7.11 Å². The molecule has 0 aromatic heterocycles. The topological polar surface area (TPSA) is 51.5 Å². The number of benzene rings is 1. The minimum Gasteiger partial charge on any atom is -0.495 e. The van der Waals surface area contributed by atoms with Gasteiger partial charge in [0.25, 0.3) is 0 Å². The lowest BCUT2D eigenvalue weighted by molar-refractivity contribution is 0.184. The third kappa shape index (κ3) is 2.39. The van der Waals surface area contributed by atoms with Gasteiger partial charge in [0.2, 0.25) is 0 Å². The molecular formula is C11H13NO3. The smallest absolute Gasteiger partial charge is 0.140 e. The molecule has 0 saturated carbocycles. The standard InChI is InChI=1S/C11H13NO3/c1-13-7-8-4-10(14-2)9(6-12)11(5-8)15-3/h4-5H,7H2,1-3H3. The molecule has 1 aromatic rings. The van der Waals surface area contributed by atoms with Crippen LogP contribution in [0.1, 0.15) is 11.1 Å². The molecule has 0 aliphatic carbocycles. The first-order valence-electron chi connectivity index (χ1n) is 4.40. The first-order valence-corrected chi connectivity index (χ1v) is 4.40. The molecule has 1 rings (SSSR count). The van der Waals surface area contributed by atoms with Crippen LogP contribution in [0.5, 0.6) is 11.5 Å². The molecule has 0 N–H and O–H groups in total. The third-order valence-electron chi connectivity index (χ3n) is 1.99. The quantitative estimate of drug-likeness (QED) is 0.754. The predicted molar refractivity (Wildman–Crippen MR) is 55.0 cm³/mol. The van der Waals surface area contributed by atoms with E-state index in [2.05, 4.69) is 0 Å². The molecule has 15 heavy (non-hydrogen) atoms. The number of hydrogen-bond acceptors (Lipinski definition) is 4. The van der Waals surface area contributed by atoms with Crippen molar-refractivity contribution in [2.45, 2.75) is 6.61 Å². The Morgan fingerprint density at radius 1 is 1.13 bits per heavy atom. The van der Waals surface area contributed by atoms with Gasteiger partial charge in [-0.15, -0.1) is 0 Å². The molecule has 0 atom stereocenters. The minimum atomic E-state index is 0.403. The molecule has 0 radical (unpaired) electrons. The van der Waals surface area contributed by atoms with E-state index in [1.54, 1.807) is 19.2 Å². The van der Waals surface area contributed by atoms with Gasteiger partial charge in [-0.2, -0.15) is 5.26 Å². The number of rotatable bonds is 4. The SMILES string of the molecule is COCc1cc(OC)c(C#N)c(OC)c1. The fourth-order valence-electron chi connectivity index (χ4n) is 1.33. The second-order valence-corrected chi connectivity index (χ2v) is 2.92. The van der Waals surface area contributed by atoms with Gasteiger partial charge in [0.15, 0.2) is 0 Å². The van der Waals surface area contributed by atoms with Crippen molar-refractivity contribution in [2.24, 2.45) is 0 Å². The van der Waals surface area contributed by atoms with Crippen LogP contribution in [0.4, 0.5) is 0 Å². The molecule has 0 aliphatic heterocycles. The minimum absolute atomic E-state index is 0.403. The molecular weight excluding hydrogens is 194 g/mol. The van der Waals surface area contributed by atoms with Crippen LogP contribution in [-0.4, -0.2) is 21.3 Å². The number of ether oxygens (including phenoxy) is 3. The van der Waals surface area contributed by atoms with E-state index in [9.17, 15) is 0 Å². The van der Waals surface area contributed by atoms with E-state index < -0.39 is 0 Å². The average Bonchev–Trinajstić information content (AvgIpc) is 2.28. The van der Waals surface area contributed by atoms with Crippen LogP contribution in [-0.2, 0) is 11.3 Å². The molecule has 0 saturated heterocycles. The molecule has 80 valence electrons. The summed E-state index contributed by atoms with van der Waals surface area (Å²) in [6.07, 6.45) is 0. The molecule has 4 nitrogen and oxygen atoms in total. The fourth-order valence-corrected chi connectivity index (χ4v) is 1.33. The lowest BCUT2D eigenvalue weighted by Crippen LogP contribution is -1.97. The highest BCUT2D eigenvalue weighted by Gasteiger charge is 2.11. The maximum Gasteiger partial charge on any atom is 0.140 e. The molecule has 0 bridgehead atoms. The van der Waals surface area contributed by atoms with Crippen molar-refractivity contribution in [2.75, 3.05) is 21.3 Å². The Bertz CT molecular complexity index is 357. The van der Waals surface area contributed by atoms with E-state index >= 15 is 0 Å². The Hall–Kier alpha value is -1.73. The Morgan fingerprint density at radius 2 is 1.67 bits per heavy atom. The largest absolute Gasteiger partial charge is 0.495 e. The van der Waals surface area contributed by atoms with Crippen molar-refractivity contribution in [1.82, 2.24) is 0 Å². The van der Waals surface area contributed by atoms with Crippen LogP contribution >= 0.6 is 0 Å². The maximum absolute atomic E-state index is 8.94. The Kier molecular flexibility index (Phi) is 3.95. The summed E-state index contributed by atoms with van der Waals surface area (Å²) in [5.74, 6) is 1.01. The average molecular weight is 207 g/mol. The molecule has 0 unspecified atom stereocenters. The van der Waals surface area contributed by atoms with E-state index in [-0.39, 0.29) is 0 Å². The second kappa shape index (κ2) is 5.23. The van der Waals surface area contributed by atoms with E-state index in [4.69, 9.17) is 19.5 Å². The zero-order valence-corrected chi connectivity index (χ0v) is 9.03.